The average Bonchev–Trinajstić information content (AvgIpc) is 2.37. The molecule has 110 valence electrons. The topological polar surface area (TPSA) is 109 Å². The standard InChI is InChI=1S/C12H10ClN3O4S/c13-10-5-11(15-7-14-10)16-21(19,20)6-8-2-1-3-9(4-8)12(17)18/h1-5,7H,6H2,(H,17,18)(H,14,15,16). The lowest BCUT2D eigenvalue weighted by atomic mass is 10.1. The minimum absolute atomic E-state index is 0.0211. The van der Waals surface area contributed by atoms with Crippen LogP contribution in [0.15, 0.2) is 36.7 Å². The number of hydrogen-bond acceptors (Lipinski definition) is 5. The van der Waals surface area contributed by atoms with E-state index in [4.69, 9.17) is 16.7 Å². The molecule has 9 heteroatoms. The first-order valence-corrected chi connectivity index (χ1v) is 7.69. The van der Waals surface area contributed by atoms with Gasteiger partial charge in [-0.2, -0.15) is 0 Å². The molecule has 2 N–H and O–H groups in total. The summed E-state index contributed by atoms with van der Waals surface area (Å²) in [7, 11) is -3.74. The predicted molar refractivity (Wildman–Crippen MR) is 76.7 cm³/mol. The van der Waals surface area contributed by atoms with Gasteiger partial charge < -0.3 is 5.11 Å². The van der Waals surface area contributed by atoms with Gasteiger partial charge in [0.15, 0.2) is 0 Å². The van der Waals surface area contributed by atoms with Gasteiger partial charge in [0.25, 0.3) is 0 Å². The van der Waals surface area contributed by atoms with E-state index in [1.54, 1.807) is 0 Å². The lowest BCUT2D eigenvalue weighted by Gasteiger charge is -2.07. The molecule has 0 atom stereocenters. The summed E-state index contributed by atoms with van der Waals surface area (Å²) in [5, 5.41) is 8.98. The number of carboxylic acid groups (broad SMARTS) is 1. The van der Waals surface area contributed by atoms with Crippen molar-refractivity contribution in [3.8, 4) is 0 Å². The molecule has 0 unspecified atom stereocenters. The third-order valence-electron chi connectivity index (χ3n) is 2.42. The van der Waals surface area contributed by atoms with Crippen molar-refractivity contribution in [2.24, 2.45) is 0 Å². The second-order valence-electron chi connectivity index (χ2n) is 4.09. The third kappa shape index (κ3) is 4.40. The fourth-order valence-electron chi connectivity index (χ4n) is 1.60. The Hall–Kier alpha value is -2.19. The lowest BCUT2D eigenvalue weighted by Crippen LogP contribution is -2.16. The number of aromatic nitrogens is 2. The van der Waals surface area contributed by atoms with E-state index in [0.717, 1.165) is 6.33 Å². The van der Waals surface area contributed by atoms with Crippen molar-refractivity contribution in [2.45, 2.75) is 5.75 Å². The van der Waals surface area contributed by atoms with Crippen LogP contribution in [0.25, 0.3) is 0 Å². The van der Waals surface area contributed by atoms with Gasteiger partial charge in [0.1, 0.15) is 17.3 Å². The molecular weight excluding hydrogens is 318 g/mol. The average molecular weight is 328 g/mol. The number of hydrogen-bond donors (Lipinski definition) is 2. The Kier molecular flexibility index (Phi) is 4.39. The molecule has 0 amide bonds. The van der Waals surface area contributed by atoms with Gasteiger partial charge >= 0.3 is 5.97 Å². The molecule has 0 aliphatic rings. The van der Waals surface area contributed by atoms with Crippen molar-refractivity contribution in [3.05, 3.63) is 52.9 Å². The number of aromatic carboxylic acids is 1. The summed E-state index contributed by atoms with van der Waals surface area (Å²) >= 11 is 5.64. The normalized spacial score (nSPS) is 11.1. The molecule has 0 fully saturated rings. The molecule has 0 saturated heterocycles. The number of halogens is 1. The Morgan fingerprint density at radius 2 is 2.05 bits per heavy atom. The molecular formula is C12H10ClN3O4S. The summed E-state index contributed by atoms with van der Waals surface area (Å²) in [4.78, 5) is 18.2. The summed E-state index contributed by atoms with van der Waals surface area (Å²) in [6.07, 6.45) is 1.13. The maximum atomic E-state index is 12.0. The second kappa shape index (κ2) is 6.06. The molecule has 2 aromatic rings. The molecule has 1 heterocycles. The molecule has 0 aliphatic carbocycles. The van der Waals surface area contributed by atoms with Crippen LogP contribution < -0.4 is 4.72 Å². The Morgan fingerprint density at radius 3 is 2.71 bits per heavy atom. The number of carboxylic acids is 1. The fraction of sp³-hybridized carbons (Fsp3) is 0.0833. The zero-order valence-corrected chi connectivity index (χ0v) is 12.1. The van der Waals surface area contributed by atoms with E-state index in [1.165, 1.54) is 30.3 Å². The minimum atomic E-state index is -3.74. The summed E-state index contributed by atoms with van der Waals surface area (Å²) in [5.41, 5.74) is 0.371. The van der Waals surface area contributed by atoms with E-state index < -0.39 is 16.0 Å². The van der Waals surface area contributed by atoms with E-state index in [1.807, 2.05) is 0 Å². The zero-order chi connectivity index (χ0) is 15.5. The number of rotatable bonds is 5. The van der Waals surface area contributed by atoms with Crippen LogP contribution in [0.3, 0.4) is 0 Å². The molecule has 0 spiro atoms. The van der Waals surface area contributed by atoms with Crippen molar-refractivity contribution < 1.29 is 18.3 Å². The maximum Gasteiger partial charge on any atom is 0.335 e. The predicted octanol–water partition coefficient (Wildman–Crippen LogP) is 1.77. The number of carbonyl (C=O) groups is 1. The monoisotopic (exact) mass is 327 g/mol. The highest BCUT2D eigenvalue weighted by Gasteiger charge is 2.14. The maximum absolute atomic E-state index is 12.0. The van der Waals surface area contributed by atoms with Gasteiger partial charge in [0.05, 0.1) is 11.3 Å². The summed E-state index contributed by atoms with van der Waals surface area (Å²) in [6.45, 7) is 0. The minimum Gasteiger partial charge on any atom is -0.478 e. The first-order chi connectivity index (χ1) is 9.85. The third-order valence-corrected chi connectivity index (χ3v) is 3.86. The van der Waals surface area contributed by atoms with Crippen molar-refractivity contribution in [3.63, 3.8) is 0 Å². The van der Waals surface area contributed by atoms with E-state index in [9.17, 15) is 13.2 Å². The Labute approximate surface area is 125 Å². The molecule has 2 rings (SSSR count). The SMILES string of the molecule is O=C(O)c1cccc(CS(=O)(=O)Nc2cc(Cl)ncn2)c1. The van der Waals surface area contributed by atoms with E-state index in [0.29, 0.717) is 5.56 Å². The number of benzene rings is 1. The summed E-state index contributed by atoms with van der Waals surface area (Å²) in [6, 6.07) is 6.96. The van der Waals surface area contributed by atoms with Crippen molar-refractivity contribution in [1.29, 1.82) is 0 Å². The van der Waals surface area contributed by atoms with Crippen LogP contribution >= 0.6 is 11.6 Å². The summed E-state index contributed by atoms with van der Waals surface area (Å²) in [5.74, 6) is -1.45. The highest BCUT2D eigenvalue weighted by atomic mass is 35.5. The second-order valence-corrected chi connectivity index (χ2v) is 6.20. The van der Waals surface area contributed by atoms with Gasteiger partial charge in [-0.25, -0.2) is 23.2 Å². The number of sulfonamides is 1. The van der Waals surface area contributed by atoms with Crippen molar-refractivity contribution in [1.82, 2.24) is 9.97 Å². The fourth-order valence-corrected chi connectivity index (χ4v) is 2.87. The Balaban J connectivity index is 2.18. The van der Waals surface area contributed by atoms with Gasteiger partial charge in [-0.3, -0.25) is 4.72 Å². The number of nitrogens with one attached hydrogen (secondary N) is 1. The van der Waals surface area contributed by atoms with Gasteiger partial charge in [-0.1, -0.05) is 23.7 Å². The van der Waals surface area contributed by atoms with Gasteiger partial charge in [-0.05, 0) is 17.7 Å². The Bertz CT molecular complexity index is 780. The van der Waals surface area contributed by atoms with Crippen LogP contribution in [-0.4, -0.2) is 29.5 Å². The smallest absolute Gasteiger partial charge is 0.335 e. The molecule has 1 aromatic heterocycles. The van der Waals surface area contributed by atoms with Gasteiger partial charge in [-0.15, -0.1) is 0 Å². The van der Waals surface area contributed by atoms with Crippen LogP contribution in [0.4, 0.5) is 5.82 Å². The van der Waals surface area contributed by atoms with Crippen LogP contribution in [-0.2, 0) is 15.8 Å². The van der Waals surface area contributed by atoms with E-state index >= 15 is 0 Å². The number of nitrogens with zero attached hydrogens (tertiary/aromatic N) is 2. The summed E-state index contributed by atoms with van der Waals surface area (Å²) < 4.78 is 26.2. The first kappa shape index (κ1) is 15.2. The van der Waals surface area contributed by atoms with Gasteiger partial charge in [0, 0.05) is 6.07 Å². The Morgan fingerprint density at radius 1 is 1.29 bits per heavy atom. The molecule has 7 nitrogen and oxygen atoms in total. The van der Waals surface area contributed by atoms with E-state index in [-0.39, 0.29) is 22.3 Å². The lowest BCUT2D eigenvalue weighted by molar-refractivity contribution is 0.0696. The van der Waals surface area contributed by atoms with Gasteiger partial charge in [0.2, 0.25) is 10.0 Å². The van der Waals surface area contributed by atoms with E-state index in [2.05, 4.69) is 14.7 Å². The van der Waals surface area contributed by atoms with Crippen LogP contribution in [0.2, 0.25) is 5.15 Å². The van der Waals surface area contributed by atoms with Crippen molar-refractivity contribution >= 4 is 33.4 Å². The number of anilines is 1. The largest absolute Gasteiger partial charge is 0.478 e. The highest BCUT2D eigenvalue weighted by Crippen LogP contribution is 2.14. The molecule has 0 bridgehead atoms. The quantitative estimate of drug-likeness (QED) is 0.810. The highest BCUT2D eigenvalue weighted by molar-refractivity contribution is 7.91. The molecule has 0 radical (unpaired) electrons. The molecule has 1 aromatic carbocycles. The molecule has 0 saturated carbocycles. The van der Waals surface area contributed by atoms with Crippen LogP contribution in [0.5, 0.6) is 0 Å². The van der Waals surface area contributed by atoms with Crippen molar-refractivity contribution in [2.75, 3.05) is 4.72 Å². The first-order valence-electron chi connectivity index (χ1n) is 5.66. The zero-order valence-electron chi connectivity index (χ0n) is 10.5. The van der Waals surface area contributed by atoms with Crippen LogP contribution in [0.1, 0.15) is 15.9 Å². The van der Waals surface area contributed by atoms with Crippen LogP contribution in [0, 0.1) is 0 Å². The molecule has 21 heavy (non-hydrogen) atoms. The molecule has 0 aliphatic heterocycles.